The van der Waals surface area contributed by atoms with Crippen LogP contribution in [0.4, 0.5) is 0 Å². The highest BCUT2D eigenvalue weighted by Gasteiger charge is 2.42. The van der Waals surface area contributed by atoms with Crippen molar-refractivity contribution < 1.29 is 20.1 Å². The lowest BCUT2D eigenvalue weighted by Gasteiger charge is -2.24. The van der Waals surface area contributed by atoms with Gasteiger partial charge in [-0.3, -0.25) is 4.79 Å². The molecule has 0 saturated carbocycles. The van der Waals surface area contributed by atoms with Crippen LogP contribution in [-0.4, -0.2) is 44.9 Å². The van der Waals surface area contributed by atoms with E-state index in [1.54, 1.807) is 0 Å². The van der Waals surface area contributed by atoms with Gasteiger partial charge in [-0.05, 0) is 0 Å². The lowest BCUT2D eigenvalue weighted by Crippen LogP contribution is -2.32. The van der Waals surface area contributed by atoms with E-state index in [1.165, 1.54) is 4.90 Å². The van der Waals surface area contributed by atoms with Crippen LogP contribution in [0.1, 0.15) is 12.8 Å². The normalized spacial score (nSPS) is 34.0. The molecule has 0 unspecified atom stereocenters. The van der Waals surface area contributed by atoms with Crippen molar-refractivity contribution in [3.05, 3.63) is 11.5 Å². The Hall–Kier alpha value is -1.07. The predicted molar refractivity (Wildman–Crippen MR) is 42.6 cm³/mol. The zero-order chi connectivity index (χ0) is 9.59. The second-order valence-electron chi connectivity index (χ2n) is 3.35. The van der Waals surface area contributed by atoms with Crippen molar-refractivity contribution in [2.24, 2.45) is 0 Å². The van der Waals surface area contributed by atoms with E-state index in [0.717, 1.165) is 0 Å². The third-order valence-electron chi connectivity index (χ3n) is 2.48. The Balaban J connectivity index is 2.39. The molecule has 0 aromatic rings. The van der Waals surface area contributed by atoms with Gasteiger partial charge >= 0.3 is 0 Å². The molecule has 0 radical (unpaired) electrons. The van der Waals surface area contributed by atoms with E-state index in [-0.39, 0.29) is 36.7 Å². The van der Waals surface area contributed by atoms with Crippen molar-refractivity contribution in [1.82, 2.24) is 4.90 Å². The Labute approximate surface area is 74.9 Å². The van der Waals surface area contributed by atoms with Crippen molar-refractivity contribution >= 4 is 5.91 Å². The number of nitrogens with zero attached hydrogens (tertiary/aromatic N) is 1. The van der Waals surface area contributed by atoms with Crippen LogP contribution in [0, 0.1) is 0 Å². The van der Waals surface area contributed by atoms with E-state index in [0.29, 0.717) is 0 Å². The van der Waals surface area contributed by atoms with Gasteiger partial charge in [-0.2, -0.15) is 0 Å². The number of aliphatic hydroxyl groups excluding tert-OH is 3. The van der Waals surface area contributed by atoms with Gasteiger partial charge in [0.15, 0.2) is 0 Å². The minimum absolute atomic E-state index is 0.0173. The lowest BCUT2D eigenvalue weighted by atomic mass is 10.1. The maximum atomic E-state index is 11.3. The molecule has 2 aliphatic heterocycles. The number of allylic oxidation sites excluding steroid dienone is 1. The molecule has 0 bridgehead atoms. The highest BCUT2D eigenvalue weighted by molar-refractivity contribution is 5.80. The average Bonchev–Trinajstić information content (AvgIpc) is 2.38. The Morgan fingerprint density at radius 2 is 2.00 bits per heavy atom. The summed E-state index contributed by atoms with van der Waals surface area (Å²) in [6, 6.07) is 0. The highest BCUT2D eigenvalue weighted by atomic mass is 16.3. The maximum Gasteiger partial charge on any atom is 0.227 e. The molecule has 72 valence electrons. The molecule has 2 heterocycles. The van der Waals surface area contributed by atoms with Crippen LogP contribution in [-0.2, 0) is 4.79 Å². The average molecular weight is 185 g/mol. The fraction of sp³-hybridized carbons (Fsp3) is 0.625. The standard InChI is InChI=1S/C8H11NO4/c10-4-1-2-6(12)9-3-5(11)8(13)7(4)9/h5,8,10-11,13H,1-3H2/t5-,8-/m1/s1. The number of hydrogen-bond acceptors (Lipinski definition) is 4. The summed E-state index contributed by atoms with van der Waals surface area (Å²) in [7, 11) is 0. The summed E-state index contributed by atoms with van der Waals surface area (Å²) in [5.74, 6) is -0.132. The van der Waals surface area contributed by atoms with Gasteiger partial charge in [0.05, 0.1) is 12.2 Å². The molecule has 1 fully saturated rings. The molecule has 2 rings (SSSR count). The van der Waals surface area contributed by atoms with E-state index in [2.05, 4.69) is 0 Å². The van der Waals surface area contributed by atoms with Crippen LogP contribution < -0.4 is 0 Å². The Kier molecular flexibility index (Phi) is 1.78. The molecule has 3 N–H and O–H groups in total. The number of carbonyl (C=O) groups is 1. The van der Waals surface area contributed by atoms with Crippen LogP contribution >= 0.6 is 0 Å². The van der Waals surface area contributed by atoms with Gasteiger partial charge in [0.25, 0.3) is 0 Å². The number of hydrogen-bond donors (Lipinski definition) is 3. The van der Waals surface area contributed by atoms with E-state index in [4.69, 9.17) is 0 Å². The molecule has 1 saturated heterocycles. The van der Waals surface area contributed by atoms with Crippen molar-refractivity contribution in [1.29, 1.82) is 0 Å². The highest BCUT2D eigenvalue weighted by Crippen LogP contribution is 2.30. The molecule has 5 heteroatoms. The molecule has 0 aliphatic carbocycles. The Morgan fingerprint density at radius 3 is 2.62 bits per heavy atom. The van der Waals surface area contributed by atoms with E-state index in [9.17, 15) is 20.1 Å². The summed E-state index contributed by atoms with van der Waals surface area (Å²) in [5.41, 5.74) is 0.184. The molecule has 0 aromatic carbocycles. The van der Waals surface area contributed by atoms with Gasteiger partial charge in [0.1, 0.15) is 18.0 Å². The van der Waals surface area contributed by atoms with Gasteiger partial charge in [0.2, 0.25) is 5.91 Å². The van der Waals surface area contributed by atoms with Gasteiger partial charge in [0, 0.05) is 12.8 Å². The molecule has 2 atom stereocenters. The molecule has 2 aliphatic rings. The minimum atomic E-state index is -1.12. The fourth-order valence-electron chi connectivity index (χ4n) is 1.78. The number of amides is 1. The largest absolute Gasteiger partial charge is 0.510 e. The van der Waals surface area contributed by atoms with Crippen molar-refractivity contribution in [2.45, 2.75) is 25.0 Å². The van der Waals surface area contributed by atoms with E-state index >= 15 is 0 Å². The van der Waals surface area contributed by atoms with Crippen LogP contribution in [0.25, 0.3) is 0 Å². The summed E-state index contributed by atoms with van der Waals surface area (Å²) in [6.45, 7) is 0.0827. The number of rotatable bonds is 0. The van der Waals surface area contributed by atoms with Crippen LogP contribution in [0.5, 0.6) is 0 Å². The van der Waals surface area contributed by atoms with Crippen LogP contribution in [0.2, 0.25) is 0 Å². The summed E-state index contributed by atoms with van der Waals surface area (Å²) >= 11 is 0. The van der Waals surface area contributed by atoms with Crippen molar-refractivity contribution in [3.8, 4) is 0 Å². The summed E-state index contributed by atoms with van der Waals surface area (Å²) < 4.78 is 0. The molecular weight excluding hydrogens is 174 g/mol. The number of carbonyl (C=O) groups excluding carboxylic acids is 1. The Bertz CT molecular complexity index is 286. The first-order valence-corrected chi connectivity index (χ1v) is 4.19. The molecular formula is C8H11NO4. The van der Waals surface area contributed by atoms with Gasteiger partial charge in [-0.15, -0.1) is 0 Å². The van der Waals surface area contributed by atoms with E-state index < -0.39 is 12.2 Å². The van der Waals surface area contributed by atoms with Gasteiger partial charge < -0.3 is 20.2 Å². The number of fused-ring (bicyclic) bond motifs is 1. The first-order chi connectivity index (χ1) is 6.11. The van der Waals surface area contributed by atoms with Crippen LogP contribution in [0.15, 0.2) is 11.5 Å². The third-order valence-corrected chi connectivity index (χ3v) is 2.48. The molecule has 0 aromatic heterocycles. The summed E-state index contributed by atoms with van der Waals surface area (Å²) in [5, 5.41) is 28.1. The molecule has 13 heavy (non-hydrogen) atoms. The third kappa shape index (κ3) is 1.12. The first-order valence-electron chi connectivity index (χ1n) is 4.19. The maximum absolute atomic E-state index is 11.3. The lowest BCUT2D eigenvalue weighted by molar-refractivity contribution is -0.130. The van der Waals surface area contributed by atoms with Gasteiger partial charge in [-0.25, -0.2) is 0 Å². The predicted octanol–water partition coefficient (Wildman–Crippen LogP) is -0.886. The first kappa shape index (κ1) is 8.52. The number of aliphatic hydroxyl groups is 3. The Morgan fingerprint density at radius 1 is 1.31 bits per heavy atom. The summed E-state index contributed by atoms with van der Waals surface area (Å²) in [4.78, 5) is 12.5. The monoisotopic (exact) mass is 185 g/mol. The second-order valence-corrected chi connectivity index (χ2v) is 3.35. The minimum Gasteiger partial charge on any atom is -0.510 e. The van der Waals surface area contributed by atoms with Gasteiger partial charge in [-0.1, -0.05) is 0 Å². The smallest absolute Gasteiger partial charge is 0.227 e. The summed E-state index contributed by atoms with van der Waals surface area (Å²) in [6.07, 6.45) is -1.59. The molecule has 5 nitrogen and oxygen atoms in total. The zero-order valence-corrected chi connectivity index (χ0v) is 6.97. The molecule has 1 amide bonds. The fourth-order valence-corrected chi connectivity index (χ4v) is 1.78. The van der Waals surface area contributed by atoms with Crippen molar-refractivity contribution in [2.75, 3.05) is 6.54 Å². The quantitative estimate of drug-likeness (QED) is 0.457. The van der Waals surface area contributed by atoms with Crippen molar-refractivity contribution in [3.63, 3.8) is 0 Å². The zero-order valence-electron chi connectivity index (χ0n) is 6.97. The van der Waals surface area contributed by atoms with Crippen LogP contribution in [0.3, 0.4) is 0 Å². The second kappa shape index (κ2) is 2.71. The topological polar surface area (TPSA) is 81.0 Å². The SMILES string of the molecule is O=C1CCC(O)=C2[C@H](O)[C@H](O)CN12. The molecule has 0 spiro atoms. The van der Waals surface area contributed by atoms with E-state index in [1.807, 2.05) is 0 Å².